The number of carbonyl (C=O) groups excluding carboxylic acids is 1. The van der Waals surface area contributed by atoms with Crippen LogP contribution in [-0.2, 0) is 9.53 Å². The molecule has 0 radical (unpaired) electrons. The molecule has 1 fully saturated rings. The van der Waals surface area contributed by atoms with Gasteiger partial charge in [0.25, 0.3) is 0 Å². The minimum atomic E-state index is -0.0909. The molecule has 94 valence electrons. The van der Waals surface area contributed by atoms with Crippen LogP contribution < -0.4 is 5.32 Å². The Bertz CT molecular complexity index is 215. The molecule has 1 aliphatic rings. The lowest BCUT2D eigenvalue weighted by Crippen LogP contribution is -2.45. The van der Waals surface area contributed by atoms with Crippen LogP contribution in [0.15, 0.2) is 0 Å². The van der Waals surface area contributed by atoms with Gasteiger partial charge < -0.3 is 15.0 Å². The highest BCUT2D eigenvalue weighted by Gasteiger charge is 2.19. The zero-order chi connectivity index (χ0) is 12.0. The molecule has 2 unspecified atom stereocenters. The molecule has 0 saturated carbocycles. The largest absolute Gasteiger partial charge is 0.381 e. The van der Waals surface area contributed by atoms with Gasteiger partial charge in [-0.15, -0.1) is 0 Å². The van der Waals surface area contributed by atoms with E-state index in [0.717, 1.165) is 32.7 Å². The first-order valence-corrected chi connectivity index (χ1v) is 6.21. The fourth-order valence-electron chi connectivity index (χ4n) is 1.89. The summed E-state index contributed by atoms with van der Waals surface area (Å²) < 4.78 is 5.41. The maximum Gasteiger partial charge on any atom is 0.239 e. The molecule has 0 aliphatic carbocycles. The van der Waals surface area contributed by atoms with E-state index < -0.39 is 0 Å². The lowest BCUT2D eigenvalue weighted by molar-refractivity contribution is -0.131. The molecule has 1 heterocycles. The van der Waals surface area contributed by atoms with Crippen LogP contribution in [0.2, 0.25) is 0 Å². The Labute approximate surface area is 98.3 Å². The van der Waals surface area contributed by atoms with Crippen molar-refractivity contribution in [2.75, 3.05) is 33.4 Å². The molecular weight excluding hydrogens is 204 g/mol. The highest BCUT2D eigenvalue weighted by atomic mass is 16.5. The molecule has 2 atom stereocenters. The summed E-state index contributed by atoms with van der Waals surface area (Å²) in [4.78, 5) is 13.5. The van der Waals surface area contributed by atoms with Crippen molar-refractivity contribution in [2.24, 2.45) is 5.92 Å². The molecule has 0 aromatic rings. The van der Waals surface area contributed by atoms with Crippen molar-refractivity contribution in [1.29, 1.82) is 0 Å². The smallest absolute Gasteiger partial charge is 0.239 e. The average molecular weight is 228 g/mol. The van der Waals surface area contributed by atoms with Crippen LogP contribution in [0.25, 0.3) is 0 Å². The third kappa shape index (κ3) is 4.10. The van der Waals surface area contributed by atoms with Crippen molar-refractivity contribution >= 4 is 5.91 Å². The van der Waals surface area contributed by atoms with Crippen LogP contribution in [0.1, 0.15) is 26.7 Å². The Morgan fingerprint density at radius 2 is 2.38 bits per heavy atom. The first kappa shape index (κ1) is 13.5. The Morgan fingerprint density at radius 3 is 2.94 bits per heavy atom. The highest BCUT2D eigenvalue weighted by molar-refractivity contribution is 5.81. The Morgan fingerprint density at radius 1 is 1.62 bits per heavy atom. The minimum Gasteiger partial charge on any atom is -0.381 e. The van der Waals surface area contributed by atoms with Crippen LogP contribution in [-0.4, -0.2) is 50.2 Å². The van der Waals surface area contributed by atoms with Crippen molar-refractivity contribution in [2.45, 2.75) is 32.7 Å². The summed E-state index contributed by atoms with van der Waals surface area (Å²) >= 11 is 0. The summed E-state index contributed by atoms with van der Waals surface area (Å²) in [6, 6.07) is -0.0909. The van der Waals surface area contributed by atoms with Gasteiger partial charge in [0.15, 0.2) is 0 Å². The van der Waals surface area contributed by atoms with Gasteiger partial charge in [-0.1, -0.05) is 0 Å². The van der Waals surface area contributed by atoms with E-state index in [2.05, 4.69) is 5.32 Å². The summed E-state index contributed by atoms with van der Waals surface area (Å²) in [5.41, 5.74) is 0. The molecule has 0 aromatic carbocycles. The van der Waals surface area contributed by atoms with E-state index in [1.54, 1.807) is 4.90 Å². The number of hydrogen-bond donors (Lipinski definition) is 1. The number of carbonyl (C=O) groups is 1. The first-order valence-electron chi connectivity index (χ1n) is 6.21. The summed E-state index contributed by atoms with van der Waals surface area (Å²) in [6.07, 6.45) is 2.35. The van der Waals surface area contributed by atoms with Gasteiger partial charge in [0.1, 0.15) is 0 Å². The normalized spacial score (nSPS) is 22.8. The van der Waals surface area contributed by atoms with Crippen molar-refractivity contribution < 1.29 is 9.53 Å². The quantitative estimate of drug-likeness (QED) is 0.759. The number of amides is 1. The zero-order valence-corrected chi connectivity index (χ0v) is 10.7. The molecule has 0 spiro atoms. The van der Waals surface area contributed by atoms with E-state index >= 15 is 0 Å². The summed E-state index contributed by atoms with van der Waals surface area (Å²) in [6.45, 7) is 7.28. The van der Waals surface area contributed by atoms with E-state index in [-0.39, 0.29) is 11.9 Å². The molecule has 1 rings (SSSR count). The van der Waals surface area contributed by atoms with Crippen molar-refractivity contribution in [3.8, 4) is 0 Å². The molecule has 4 nitrogen and oxygen atoms in total. The lowest BCUT2D eigenvalue weighted by atomic mass is 10.0. The van der Waals surface area contributed by atoms with Crippen molar-refractivity contribution in [3.63, 3.8) is 0 Å². The lowest BCUT2D eigenvalue weighted by Gasteiger charge is -2.25. The van der Waals surface area contributed by atoms with Crippen molar-refractivity contribution in [1.82, 2.24) is 10.2 Å². The third-order valence-corrected chi connectivity index (χ3v) is 3.19. The number of likely N-dealkylation sites (N-methyl/N-ethyl adjacent to an activating group) is 1. The van der Waals surface area contributed by atoms with Gasteiger partial charge in [0.2, 0.25) is 5.91 Å². The molecule has 0 bridgehead atoms. The SMILES string of the molecule is CCN(C)C(=O)C(C)NCC1CCCOC1. The molecule has 0 aromatic heterocycles. The number of nitrogens with one attached hydrogen (secondary N) is 1. The second-order valence-corrected chi connectivity index (χ2v) is 4.57. The molecule has 1 saturated heterocycles. The number of rotatable bonds is 5. The Kier molecular flexibility index (Phi) is 5.77. The second-order valence-electron chi connectivity index (χ2n) is 4.57. The predicted octanol–water partition coefficient (Wildman–Crippen LogP) is 0.869. The highest BCUT2D eigenvalue weighted by Crippen LogP contribution is 2.12. The summed E-state index contributed by atoms with van der Waals surface area (Å²) in [5, 5.41) is 3.30. The zero-order valence-electron chi connectivity index (χ0n) is 10.7. The molecular formula is C12H24N2O2. The molecule has 1 amide bonds. The fraction of sp³-hybridized carbons (Fsp3) is 0.917. The van der Waals surface area contributed by atoms with E-state index in [1.807, 2.05) is 20.9 Å². The van der Waals surface area contributed by atoms with Gasteiger partial charge in [-0.25, -0.2) is 0 Å². The third-order valence-electron chi connectivity index (χ3n) is 3.19. The van der Waals surface area contributed by atoms with Gasteiger partial charge in [0.05, 0.1) is 12.6 Å². The molecule has 1 N–H and O–H groups in total. The van der Waals surface area contributed by atoms with Crippen LogP contribution in [0, 0.1) is 5.92 Å². The number of nitrogens with zero attached hydrogens (tertiary/aromatic N) is 1. The van der Waals surface area contributed by atoms with E-state index in [4.69, 9.17) is 4.74 Å². The van der Waals surface area contributed by atoms with E-state index in [9.17, 15) is 4.79 Å². The standard InChI is InChI=1S/C12H24N2O2/c1-4-14(3)12(15)10(2)13-8-11-6-5-7-16-9-11/h10-11,13H,4-9H2,1-3H3. The van der Waals surface area contributed by atoms with Gasteiger partial charge in [-0.3, -0.25) is 4.79 Å². The minimum absolute atomic E-state index is 0.0909. The van der Waals surface area contributed by atoms with Gasteiger partial charge >= 0.3 is 0 Å². The topological polar surface area (TPSA) is 41.6 Å². The molecule has 4 heteroatoms. The maximum absolute atomic E-state index is 11.8. The van der Waals surface area contributed by atoms with Crippen molar-refractivity contribution in [3.05, 3.63) is 0 Å². The van der Waals surface area contributed by atoms with E-state index in [0.29, 0.717) is 5.92 Å². The maximum atomic E-state index is 11.8. The van der Waals surface area contributed by atoms with E-state index in [1.165, 1.54) is 6.42 Å². The van der Waals surface area contributed by atoms with Crippen LogP contribution in [0.3, 0.4) is 0 Å². The predicted molar refractivity (Wildman–Crippen MR) is 64.3 cm³/mol. The second kappa shape index (κ2) is 6.86. The van der Waals surface area contributed by atoms with Gasteiger partial charge in [-0.2, -0.15) is 0 Å². The Balaban J connectivity index is 2.22. The Hall–Kier alpha value is -0.610. The summed E-state index contributed by atoms with van der Waals surface area (Å²) in [5.74, 6) is 0.732. The summed E-state index contributed by atoms with van der Waals surface area (Å²) in [7, 11) is 1.84. The number of ether oxygens (including phenoxy) is 1. The van der Waals surface area contributed by atoms with Gasteiger partial charge in [0, 0.05) is 26.7 Å². The molecule has 16 heavy (non-hydrogen) atoms. The van der Waals surface area contributed by atoms with Gasteiger partial charge in [-0.05, 0) is 32.6 Å². The number of hydrogen-bond acceptors (Lipinski definition) is 3. The monoisotopic (exact) mass is 228 g/mol. The molecule has 1 aliphatic heterocycles. The first-order chi connectivity index (χ1) is 7.65. The fourth-order valence-corrected chi connectivity index (χ4v) is 1.89. The van der Waals surface area contributed by atoms with Crippen LogP contribution in [0.4, 0.5) is 0 Å². The van der Waals surface area contributed by atoms with Crippen LogP contribution in [0.5, 0.6) is 0 Å². The van der Waals surface area contributed by atoms with Crippen LogP contribution >= 0.6 is 0 Å². The average Bonchev–Trinajstić information content (AvgIpc) is 2.35.